The Labute approximate surface area is 202 Å². The minimum absolute atomic E-state index is 0.00272. The zero-order valence-corrected chi connectivity index (χ0v) is 19.9. The second-order valence-corrected chi connectivity index (χ2v) is 10.8. The molecule has 0 heterocycles. The second kappa shape index (κ2) is 9.07. The average molecular weight is 455 g/mol. The van der Waals surface area contributed by atoms with Gasteiger partial charge in [-0.15, -0.1) is 0 Å². The first-order valence-electron chi connectivity index (χ1n) is 12.9. The molecule has 34 heavy (non-hydrogen) atoms. The van der Waals surface area contributed by atoms with Crippen molar-refractivity contribution in [1.29, 1.82) is 0 Å². The molecule has 4 saturated carbocycles. The van der Waals surface area contributed by atoms with Gasteiger partial charge in [0.15, 0.2) is 6.61 Å². The zero-order chi connectivity index (χ0) is 23.1. The smallest absolute Gasteiger partial charge is 0.262 e. The topological polar surface area (TPSA) is 50.4 Å². The van der Waals surface area contributed by atoms with E-state index in [2.05, 4.69) is 41.0 Å². The number of fused-ring (bicyclic) bond motifs is 1. The molecule has 2 N–H and O–H groups in total. The molecule has 0 aromatic heterocycles. The summed E-state index contributed by atoms with van der Waals surface area (Å²) >= 11 is 0. The number of aryl methyl sites for hydroxylation is 1. The van der Waals surface area contributed by atoms with Gasteiger partial charge in [0.25, 0.3) is 5.91 Å². The molecule has 4 bridgehead atoms. The molecule has 4 aliphatic rings. The van der Waals surface area contributed by atoms with E-state index >= 15 is 0 Å². The van der Waals surface area contributed by atoms with Crippen LogP contribution in [-0.4, -0.2) is 18.6 Å². The Morgan fingerprint density at radius 3 is 2.32 bits per heavy atom. The molecule has 0 unspecified atom stereocenters. The van der Waals surface area contributed by atoms with Crippen LogP contribution in [0.4, 0.5) is 5.69 Å². The van der Waals surface area contributed by atoms with Gasteiger partial charge in [0.1, 0.15) is 5.75 Å². The number of amides is 1. The molecule has 0 saturated heterocycles. The van der Waals surface area contributed by atoms with E-state index < -0.39 is 0 Å². The van der Waals surface area contributed by atoms with Gasteiger partial charge < -0.3 is 15.4 Å². The minimum Gasteiger partial charge on any atom is -0.483 e. The van der Waals surface area contributed by atoms with Crippen molar-refractivity contribution in [2.75, 3.05) is 11.9 Å². The molecule has 176 valence electrons. The molecule has 0 atom stereocenters. The van der Waals surface area contributed by atoms with Crippen molar-refractivity contribution >= 4 is 22.4 Å². The standard InChI is InChI=1S/C30H34N2O2/c1-19-6-9-25(10-7-19)32-29(33)18-34-28-11-8-22-4-2-3-5-26(22)27(28)17-31-30-23-13-20-12-21(15-23)16-24(30)14-20/h2-11,20-21,23-24,30-31H,12-18H2,1H3,(H,32,33). The van der Waals surface area contributed by atoms with Crippen molar-refractivity contribution in [2.45, 2.75) is 51.6 Å². The average Bonchev–Trinajstić information content (AvgIpc) is 2.83. The van der Waals surface area contributed by atoms with Crippen molar-refractivity contribution < 1.29 is 9.53 Å². The lowest BCUT2D eigenvalue weighted by Crippen LogP contribution is -2.54. The maximum Gasteiger partial charge on any atom is 0.262 e. The first-order chi connectivity index (χ1) is 16.6. The van der Waals surface area contributed by atoms with Gasteiger partial charge in [-0.05, 0) is 91.7 Å². The molecular formula is C30H34N2O2. The fourth-order valence-electron chi connectivity index (χ4n) is 7.09. The fourth-order valence-corrected chi connectivity index (χ4v) is 7.09. The monoisotopic (exact) mass is 454 g/mol. The predicted molar refractivity (Wildman–Crippen MR) is 137 cm³/mol. The lowest BCUT2D eigenvalue weighted by Gasteiger charge is -2.54. The van der Waals surface area contributed by atoms with E-state index in [0.29, 0.717) is 6.04 Å². The summed E-state index contributed by atoms with van der Waals surface area (Å²) in [6.45, 7) is 2.81. The van der Waals surface area contributed by atoms with Crippen LogP contribution in [0.1, 0.15) is 43.2 Å². The number of hydrogen-bond acceptors (Lipinski definition) is 3. The van der Waals surface area contributed by atoms with Gasteiger partial charge in [-0.1, -0.05) is 48.0 Å². The highest BCUT2D eigenvalue weighted by Crippen LogP contribution is 2.53. The van der Waals surface area contributed by atoms with Crippen LogP contribution in [0.15, 0.2) is 60.7 Å². The van der Waals surface area contributed by atoms with Crippen LogP contribution >= 0.6 is 0 Å². The van der Waals surface area contributed by atoms with Crippen molar-refractivity contribution in [2.24, 2.45) is 23.7 Å². The number of anilines is 1. The highest BCUT2D eigenvalue weighted by Gasteiger charge is 2.47. The van der Waals surface area contributed by atoms with E-state index in [1.165, 1.54) is 48.4 Å². The van der Waals surface area contributed by atoms with Gasteiger partial charge in [0, 0.05) is 23.8 Å². The van der Waals surface area contributed by atoms with Crippen LogP contribution in [0.3, 0.4) is 0 Å². The predicted octanol–water partition coefficient (Wildman–Crippen LogP) is 6.08. The van der Waals surface area contributed by atoms with E-state index in [-0.39, 0.29) is 12.5 Å². The van der Waals surface area contributed by atoms with Crippen LogP contribution in [0, 0.1) is 30.6 Å². The van der Waals surface area contributed by atoms with E-state index in [1.807, 2.05) is 37.3 Å². The summed E-state index contributed by atoms with van der Waals surface area (Å²) in [5.74, 6) is 4.27. The number of carbonyl (C=O) groups excluding carboxylic acids is 1. The zero-order valence-electron chi connectivity index (χ0n) is 19.9. The van der Waals surface area contributed by atoms with Gasteiger partial charge in [-0.3, -0.25) is 4.79 Å². The second-order valence-electron chi connectivity index (χ2n) is 10.8. The van der Waals surface area contributed by atoms with E-state index in [4.69, 9.17) is 4.74 Å². The Morgan fingerprint density at radius 2 is 1.59 bits per heavy atom. The van der Waals surface area contributed by atoms with Crippen molar-refractivity contribution in [3.8, 4) is 5.75 Å². The Morgan fingerprint density at radius 1 is 0.882 bits per heavy atom. The van der Waals surface area contributed by atoms with E-state index in [1.54, 1.807) is 0 Å². The Hall–Kier alpha value is -2.85. The molecule has 1 amide bonds. The third kappa shape index (κ3) is 4.32. The summed E-state index contributed by atoms with van der Waals surface area (Å²) in [7, 11) is 0. The molecule has 3 aromatic rings. The number of rotatable bonds is 7. The number of carbonyl (C=O) groups is 1. The fraction of sp³-hybridized carbons (Fsp3) is 0.433. The Bertz CT molecular complexity index is 1160. The van der Waals surface area contributed by atoms with Gasteiger partial charge in [-0.2, -0.15) is 0 Å². The number of hydrogen-bond donors (Lipinski definition) is 2. The Kier molecular flexibility index (Phi) is 5.78. The van der Waals surface area contributed by atoms with E-state index in [0.717, 1.165) is 47.2 Å². The molecule has 7 rings (SSSR count). The first kappa shape index (κ1) is 21.7. The van der Waals surface area contributed by atoms with Crippen LogP contribution in [0.5, 0.6) is 5.75 Å². The third-order valence-electron chi connectivity index (χ3n) is 8.43. The van der Waals surface area contributed by atoms with Crippen LogP contribution in [-0.2, 0) is 11.3 Å². The summed E-state index contributed by atoms with van der Waals surface area (Å²) in [5, 5.41) is 9.31. The van der Waals surface area contributed by atoms with Gasteiger partial charge in [-0.25, -0.2) is 0 Å². The molecule has 0 radical (unpaired) electrons. The number of ether oxygens (including phenoxy) is 1. The van der Waals surface area contributed by atoms with Crippen LogP contribution in [0.25, 0.3) is 10.8 Å². The van der Waals surface area contributed by atoms with Gasteiger partial charge >= 0.3 is 0 Å². The minimum atomic E-state index is -0.142. The summed E-state index contributed by atoms with van der Waals surface area (Å²) in [6.07, 6.45) is 7.10. The maximum atomic E-state index is 12.6. The highest BCUT2D eigenvalue weighted by molar-refractivity contribution is 5.92. The Balaban J connectivity index is 1.18. The van der Waals surface area contributed by atoms with Crippen LogP contribution in [0.2, 0.25) is 0 Å². The summed E-state index contributed by atoms with van der Waals surface area (Å²) in [5.41, 5.74) is 3.12. The molecule has 0 aliphatic heterocycles. The lowest BCUT2D eigenvalue weighted by molar-refractivity contribution is -0.118. The highest BCUT2D eigenvalue weighted by atomic mass is 16.5. The quantitative estimate of drug-likeness (QED) is 0.455. The normalized spacial score (nSPS) is 27.1. The summed E-state index contributed by atoms with van der Waals surface area (Å²) < 4.78 is 6.11. The maximum absolute atomic E-state index is 12.6. The summed E-state index contributed by atoms with van der Waals surface area (Å²) in [6, 6.07) is 21.0. The van der Waals surface area contributed by atoms with Gasteiger partial charge in [0.2, 0.25) is 0 Å². The van der Waals surface area contributed by atoms with Crippen molar-refractivity contribution in [1.82, 2.24) is 5.32 Å². The third-order valence-corrected chi connectivity index (χ3v) is 8.43. The number of benzene rings is 3. The van der Waals surface area contributed by atoms with E-state index in [9.17, 15) is 4.79 Å². The van der Waals surface area contributed by atoms with Crippen molar-refractivity contribution in [3.63, 3.8) is 0 Å². The first-order valence-corrected chi connectivity index (χ1v) is 12.9. The van der Waals surface area contributed by atoms with Gasteiger partial charge in [0.05, 0.1) is 0 Å². The molecule has 0 spiro atoms. The molecular weight excluding hydrogens is 420 g/mol. The van der Waals surface area contributed by atoms with Crippen LogP contribution < -0.4 is 15.4 Å². The molecule has 4 nitrogen and oxygen atoms in total. The lowest BCUT2D eigenvalue weighted by atomic mass is 9.54. The van der Waals surface area contributed by atoms with Crippen molar-refractivity contribution in [3.05, 3.63) is 71.8 Å². The largest absolute Gasteiger partial charge is 0.483 e. The SMILES string of the molecule is Cc1ccc(NC(=O)COc2ccc3ccccc3c2CNC2C3CC4CC(C3)CC2C4)cc1. The molecule has 4 heteroatoms. The summed E-state index contributed by atoms with van der Waals surface area (Å²) in [4.78, 5) is 12.6. The molecule has 4 aliphatic carbocycles. The molecule has 3 aromatic carbocycles. The molecule has 4 fully saturated rings. The number of nitrogens with one attached hydrogen (secondary N) is 2.